The lowest BCUT2D eigenvalue weighted by Gasteiger charge is -2.46. The predicted octanol–water partition coefficient (Wildman–Crippen LogP) is 26.3. The maximum Gasteiger partial charge on any atom is 0.252 e. The molecule has 2 aliphatic heterocycles. The van der Waals surface area contributed by atoms with Gasteiger partial charge >= 0.3 is 0 Å². The minimum Gasteiger partial charge on any atom is -0.310 e. The summed E-state index contributed by atoms with van der Waals surface area (Å²) in [5, 5.41) is 0. The first-order valence-corrected chi connectivity index (χ1v) is 37.1. The van der Waals surface area contributed by atoms with Crippen LogP contribution >= 0.6 is 0 Å². The summed E-state index contributed by atoms with van der Waals surface area (Å²) in [5.41, 5.74) is 37.1. The van der Waals surface area contributed by atoms with E-state index in [9.17, 15) is 0 Å². The van der Waals surface area contributed by atoms with Crippen molar-refractivity contribution in [1.82, 2.24) is 0 Å². The molecule has 0 unspecified atom stereocenters. The molecule has 0 N–H and O–H groups in total. The zero-order valence-electron chi connectivity index (χ0n) is 61.5. The van der Waals surface area contributed by atoms with E-state index in [0.29, 0.717) is 0 Å². The van der Waals surface area contributed by atoms with Crippen LogP contribution in [-0.2, 0) is 16.2 Å². The number of anilines is 6. The molecule has 0 saturated heterocycles. The molecule has 105 heavy (non-hydrogen) atoms. The molecular formula is C102H85BN2. The number of hydrogen-bond acceptors (Lipinski definition) is 2. The van der Waals surface area contributed by atoms with Crippen LogP contribution < -0.4 is 26.2 Å². The van der Waals surface area contributed by atoms with Crippen LogP contribution in [-0.4, -0.2) is 6.71 Å². The standard InChI is InChI=1S/C102H85BN2/c1-100(2,3)84-54-48-72(49-55-84)78-52-58-91-93(64-78)104(98-87(80-40-22-36-74(60-80)68-28-14-10-15-29-68)44-26-45-88(98)81-41-23-37-75(61-81)69-30-16-11-17-31-69)95-66-86(102(7,8)9)67-96-97(95)103(91)92-59-53-79(73-50-56-85(57-51-73)101(4,5)6)65-94(92)105(96)99-89(82-42-24-38-76(62-82)70-32-18-12-19-33-70)46-27-47-90(99)83-43-25-39-77(63-83)71-34-20-13-21-35-71/h10-67H,1-9H3. The van der Waals surface area contributed by atoms with E-state index in [0.717, 1.165) is 112 Å². The number of nitrogens with zero attached hydrogens (tertiary/aromatic N) is 2. The van der Waals surface area contributed by atoms with Crippen LogP contribution in [0.15, 0.2) is 352 Å². The zero-order chi connectivity index (χ0) is 71.7. The van der Waals surface area contributed by atoms with E-state index in [1.54, 1.807) is 0 Å². The van der Waals surface area contributed by atoms with Crippen molar-refractivity contribution in [2.45, 2.75) is 78.6 Å². The summed E-state index contributed by atoms with van der Waals surface area (Å²) in [6.45, 7) is 20.8. The summed E-state index contributed by atoms with van der Waals surface area (Å²) in [6.07, 6.45) is 0. The molecule has 0 aliphatic carbocycles. The van der Waals surface area contributed by atoms with Gasteiger partial charge in [0.2, 0.25) is 0 Å². The smallest absolute Gasteiger partial charge is 0.252 e. The van der Waals surface area contributed by atoms with Crippen LogP contribution in [0.25, 0.3) is 111 Å². The molecule has 0 spiro atoms. The third-order valence-electron chi connectivity index (χ3n) is 21.7. The highest BCUT2D eigenvalue weighted by Crippen LogP contribution is 2.55. The van der Waals surface area contributed by atoms with Crippen LogP contribution in [0.2, 0.25) is 0 Å². The molecule has 17 rings (SSSR count). The molecule has 0 radical (unpaired) electrons. The number of benzene rings is 15. The Bertz CT molecular complexity index is 5210. The molecule has 2 aliphatic rings. The Kier molecular flexibility index (Phi) is 16.8. The van der Waals surface area contributed by atoms with Gasteiger partial charge < -0.3 is 9.80 Å². The van der Waals surface area contributed by atoms with Gasteiger partial charge in [-0.25, -0.2) is 0 Å². The van der Waals surface area contributed by atoms with Crippen molar-refractivity contribution in [2.75, 3.05) is 9.80 Å². The van der Waals surface area contributed by atoms with Crippen LogP contribution in [0.3, 0.4) is 0 Å². The van der Waals surface area contributed by atoms with Crippen LogP contribution in [0.5, 0.6) is 0 Å². The van der Waals surface area contributed by atoms with Crippen molar-refractivity contribution in [3.63, 3.8) is 0 Å². The van der Waals surface area contributed by atoms with Gasteiger partial charge in [-0.15, -0.1) is 0 Å². The molecule has 0 aromatic heterocycles. The minimum atomic E-state index is -0.334. The second-order valence-corrected chi connectivity index (χ2v) is 31.7. The van der Waals surface area contributed by atoms with Gasteiger partial charge in [0.1, 0.15) is 0 Å². The van der Waals surface area contributed by atoms with Crippen LogP contribution in [0.4, 0.5) is 34.1 Å². The van der Waals surface area contributed by atoms with E-state index < -0.39 is 0 Å². The fraction of sp³-hybridized carbons (Fsp3) is 0.118. The summed E-state index contributed by atoms with van der Waals surface area (Å²) in [4.78, 5) is 5.44. The largest absolute Gasteiger partial charge is 0.310 e. The van der Waals surface area contributed by atoms with Gasteiger partial charge in [-0.3, -0.25) is 0 Å². The van der Waals surface area contributed by atoms with Crippen molar-refractivity contribution in [3.8, 4) is 111 Å². The Morgan fingerprint density at radius 2 is 0.429 bits per heavy atom. The maximum atomic E-state index is 2.72. The molecule has 506 valence electrons. The molecule has 2 nitrogen and oxygen atoms in total. The van der Waals surface area contributed by atoms with Crippen molar-refractivity contribution in [1.29, 1.82) is 0 Å². The Morgan fingerprint density at radius 1 is 0.190 bits per heavy atom. The summed E-state index contributed by atoms with van der Waals surface area (Å²) < 4.78 is 0. The molecule has 0 atom stereocenters. The van der Waals surface area contributed by atoms with Gasteiger partial charge in [0.25, 0.3) is 6.71 Å². The highest BCUT2D eigenvalue weighted by Gasteiger charge is 2.46. The van der Waals surface area contributed by atoms with Gasteiger partial charge in [0.05, 0.1) is 11.4 Å². The maximum absolute atomic E-state index is 2.72. The summed E-state index contributed by atoms with van der Waals surface area (Å²) in [6, 6.07) is 133. The van der Waals surface area contributed by atoms with Crippen LogP contribution in [0, 0.1) is 0 Å². The van der Waals surface area contributed by atoms with Gasteiger partial charge in [0.15, 0.2) is 0 Å². The molecular weight excluding hydrogens is 1260 g/mol. The highest BCUT2D eigenvalue weighted by atomic mass is 15.2. The SMILES string of the molecule is CC(C)(C)c1ccc(-c2ccc3c(c2)N(c2c(-c4cccc(-c5ccccc5)c4)cccc2-c2cccc(-c4ccccc4)c2)c2cc(C(C)(C)C)cc4c2B3c2ccc(-c3ccc(C(C)(C)C)cc3)cc2N4c2c(-c3cccc(-c4ccccc4)c3)cccc2-c2cccc(-c3ccccc3)c2)cc1. The number of fused-ring (bicyclic) bond motifs is 4. The lowest BCUT2D eigenvalue weighted by molar-refractivity contribution is 0.590. The molecule has 0 amide bonds. The quantitative estimate of drug-likeness (QED) is 0.113. The second kappa shape index (κ2) is 26.7. The van der Waals surface area contributed by atoms with Gasteiger partial charge in [-0.1, -0.05) is 366 Å². The predicted molar refractivity (Wildman–Crippen MR) is 451 cm³/mol. The lowest BCUT2D eigenvalue weighted by Crippen LogP contribution is -2.61. The lowest BCUT2D eigenvalue weighted by atomic mass is 9.33. The highest BCUT2D eigenvalue weighted by molar-refractivity contribution is 7.00. The molecule has 15 aromatic rings. The Labute approximate surface area is 621 Å². The van der Waals surface area contributed by atoms with Crippen molar-refractivity contribution >= 4 is 57.2 Å². The average molecular weight is 1350 g/mol. The third kappa shape index (κ3) is 12.5. The van der Waals surface area contributed by atoms with Crippen LogP contribution in [0.1, 0.15) is 79.0 Å². The molecule has 15 aromatic carbocycles. The minimum absolute atomic E-state index is 0.00915. The third-order valence-corrected chi connectivity index (χ3v) is 21.7. The van der Waals surface area contributed by atoms with Gasteiger partial charge in [-0.05, 0) is 187 Å². The molecule has 3 heteroatoms. The summed E-state index contributed by atoms with van der Waals surface area (Å²) in [7, 11) is 0. The zero-order valence-corrected chi connectivity index (χ0v) is 61.5. The van der Waals surface area contributed by atoms with Crippen molar-refractivity contribution in [2.24, 2.45) is 0 Å². The summed E-state index contributed by atoms with van der Waals surface area (Å²) in [5.74, 6) is 0. The van der Waals surface area contributed by atoms with E-state index in [1.165, 1.54) is 66.5 Å². The van der Waals surface area contributed by atoms with Gasteiger partial charge in [-0.2, -0.15) is 0 Å². The van der Waals surface area contributed by atoms with E-state index in [4.69, 9.17) is 0 Å². The normalized spacial score (nSPS) is 12.6. The number of para-hydroxylation sites is 2. The van der Waals surface area contributed by atoms with Crippen molar-refractivity contribution in [3.05, 3.63) is 369 Å². The second-order valence-electron chi connectivity index (χ2n) is 31.7. The van der Waals surface area contributed by atoms with E-state index in [1.807, 2.05) is 0 Å². The molecule has 0 bridgehead atoms. The Balaban J connectivity index is 1.02. The Morgan fingerprint density at radius 3 is 0.714 bits per heavy atom. The number of hydrogen-bond donors (Lipinski definition) is 0. The average Bonchev–Trinajstić information content (AvgIpc) is 0.687. The number of rotatable bonds is 12. The fourth-order valence-electron chi connectivity index (χ4n) is 16.1. The fourth-order valence-corrected chi connectivity index (χ4v) is 16.1. The van der Waals surface area contributed by atoms with Gasteiger partial charge in [0, 0.05) is 45.0 Å². The van der Waals surface area contributed by atoms with E-state index >= 15 is 0 Å². The van der Waals surface area contributed by atoms with E-state index in [2.05, 4.69) is 424 Å². The first-order chi connectivity index (χ1) is 51.0. The molecule has 2 heterocycles. The first kappa shape index (κ1) is 66.2. The summed E-state index contributed by atoms with van der Waals surface area (Å²) >= 11 is 0. The monoisotopic (exact) mass is 1350 g/mol. The Hall–Kier alpha value is -12.0. The van der Waals surface area contributed by atoms with Crippen molar-refractivity contribution < 1.29 is 0 Å². The molecule has 0 saturated carbocycles. The topological polar surface area (TPSA) is 6.48 Å². The first-order valence-electron chi connectivity index (χ1n) is 37.1. The van der Waals surface area contributed by atoms with E-state index in [-0.39, 0.29) is 23.0 Å². The molecule has 0 fully saturated rings.